The van der Waals surface area contributed by atoms with E-state index in [0.717, 1.165) is 37.4 Å². The van der Waals surface area contributed by atoms with Crippen molar-refractivity contribution in [3.05, 3.63) is 24.1 Å². The summed E-state index contributed by atoms with van der Waals surface area (Å²) in [6.45, 7) is 4.61. The molecule has 2 aliphatic rings. The fourth-order valence-corrected chi connectivity index (χ4v) is 4.43. The number of thioether (sulfide) groups is 1. The van der Waals surface area contributed by atoms with Crippen LogP contribution in [0.5, 0.6) is 0 Å². The Hall–Kier alpha value is -0.810. The Morgan fingerprint density at radius 3 is 3.12 bits per heavy atom. The first kappa shape index (κ1) is 21.5. The number of guanidine groups is 1. The van der Waals surface area contributed by atoms with Crippen LogP contribution in [-0.2, 0) is 0 Å². The quantitative estimate of drug-likeness (QED) is 0.329. The molecule has 2 aliphatic heterocycles. The summed E-state index contributed by atoms with van der Waals surface area (Å²) in [5.74, 6) is 2.56. The first-order valence-corrected chi connectivity index (χ1v) is 9.95. The molecule has 0 aliphatic carbocycles. The molecule has 146 valence electrons. The molecule has 2 atom stereocenters. The van der Waals surface area contributed by atoms with Crippen LogP contribution in [0.4, 0.5) is 10.2 Å². The van der Waals surface area contributed by atoms with E-state index in [2.05, 4.69) is 20.6 Å². The number of aliphatic imine (C=N–C) groups is 1. The maximum atomic E-state index is 13.9. The third-order valence-electron chi connectivity index (χ3n) is 4.53. The normalized spacial score (nSPS) is 25.9. The van der Waals surface area contributed by atoms with Gasteiger partial charge in [-0.05, 0) is 37.7 Å². The summed E-state index contributed by atoms with van der Waals surface area (Å²) in [6, 6.07) is 3.22. The van der Waals surface area contributed by atoms with Crippen molar-refractivity contribution in [3.63, 3.8) is 0 Å². The highest BCUT2D eigenvalue weighted by molar-refractivity contribution is 14.0. The van der Waals surface area contributed by atoms with E-state index in [-0.39, 0.29) is 35.8 Å². The number of hydrogen-bond donors (Lipinski definition) is 3. The minimum atomic E-state index is -0.689. The molecule has 0 saturated carbocycles. The highest BCUT2D eigenvalue weighted by Gasteiger charge is 2.32. The van der Waals surface area contributed by atoms with Gasteiger partial charge in [0.25, 0.3) is 0 Å². The van der Waals surface area contributed by atoms with Gasteiger partial charge in [0, 0.05) is 37.6 Å². The lowest BCUT2D eigenvalue weighted by Gasteiger charge is -2.22. The van der Waals surface area contributed by atoms with Gasteiger partial charge in [0.2, 0.25) is 0 Å². The van der Waals surface area contributed by atoms with E-state index >= 15 is 0 Å². The van der Waals surface area contributed by atoms with Crippen LogP contribution in [0.3, 0.4) is 0 Å². The van der Waals surface area contributed by atoms with Crippen LogP contribution in [0.25, 0.3) is 0 Å². The molecule has 2 fully saturated rings. The minimum Gasteiger partial charge on any atom is -0.387 e. The molecule has 26 heavy (non-hydrogen) atoms. The summed E-state index contributed by atoms with van der Waals surface area (Å²) in [5.41, 5.74) is -0.689. The topological polar surface area (TPSA) is 72.8 Å². The Balaban J connectivity index is 0.00000243. The molecule has 0 bridgehead atoms. The smallest absolute Gasteiger partial charge is 0.191 e. The highest BCUT2D eigenvalue weighted by Crippen LogP contribution is 2.28. The number of pyridine rings is 1. The maximum Gasteiger partial charge on any atom is 0.191 e. The van der Waals surface area contributed by atoms with Crippen LogP contribution in [-0.4, -0.2) is 65.4 Å². The predicted molar refractivity (Wildman–Crippen MR) is 116 cm³/mol. The van der Waals surface area contributed by atoms with Crippen molar-refractivity contribution < 1.29 is 9.50 Å². The fraction of sp³-hybridized carbons (Fsp3) is 0.647. The zero-order chi connectivity index (χ0) is 17.7. The number of halogens is 2. The Morgan fingerprint density at radius 1 is 1.58 bits per heavy atom. The minimum absolute atomic E-state index is 0. The van der Waals surface area contributed by atoms with Gasteiger partial charge >= 0.3 is 0 Å². The Labute approximate surface area is 175 Å². The van der Waals surface area contributed by atoms with E-state index in [1.807, 2.05) is 11.8 Å². The molecule has 3 heterocycles. The first-order valence-electron chi connectivity index (χ1n) is 8.80. The summed E-state index contributed by atoms with van der Waals surface area (Å²) >= 11 is 1.77. The number of anilines is 1. The van der Waals surface area contributed by atoms with Crippen molar-refractivity contribution in [2.45, 2.75) is 31.4 Å². The van der Waals surface area contributed by atoms with Gasteiger partial charge in [-0.15, -0.1) is 24.0 Å². The number of hydrogen-bond acceptors (Lipinski definition) is 5. The van der Waals surface area contributed by atoms with Crippen LogP contribution in [0, 0.1) is 5.82 Å². The average Bonchev–Trinajstić information content (AvgIpc) is 3.23. The molecular weight excluding hydrogens is 468 g/mol. The van der Waals surface area contributed by atoms with Gasteiger partial charge in [-0.25, -0.2) is 9.37 Å². The average molecular weight is 495 g/mol. The van der Waals surface area contributed by atoms with E-state index < -0.39 is 5.60 Å². The van der Waals surface area contributed by atoms with Crippen LogP contribution in [0.1, 0.15) is 19.8 Å². The lowest BCUT2D eigenvalue weighted by atomic mass is 10.1. The van der Waals surface area contributed by atoms with Gasteiger partial charge < -0.3 is 20.6 Å². The number of aliphatic hydroxyl groups is 1. The molecular formula is C17H27FIN5OS. The summed E-state index contributed by atoms with van der Waals surface area (Å²) in [4.78, 5) is 10.7. The van der Waals surface area contributed by atoms with Crippen LogP contribution in [0.2, 0.25) is 0 Å². The fourth-order valence-electron chi connectivity index (χ4n) is 3.14. The van der Waals surface area contributed by atoms with Crippen LogP contribution in [0.15, 0.2) is 23.3 Å². The zero-order valence-corrected chi connectivity index (χ0v) is 18.1. The van der Waals surface area contributed by atoms with Crippen molar-refractivity contribution in [1.82, 2.24) is 15.6 Å². The SMILES string of the molecule is CCNC(=NCC1(O)CCSC1)NC1CCN(c2ncccc2F)C1.I. The van der Waals surface area contributed by atoms with Gasteiger partial charge in [0.15, 0.2) is 17.6 Å². The molecule has 2 unspecified atom stereocenters. The molecule has 1 aromatic heterocycles. The van der Waals surface area contributed by atoms with Crippen molar-refractivity contribution in [2.75, 3.05) is 42.6 Å². The lowest BCUT2D eigenvalue weighted by Crippen LogP contribution is -2.45. The first-order chi connectivity index (χ1) is 12.1. The standard InChI is InChI=1S/C17H26FN5OS.HI/c1-2-19-16(21-11-17(24)6-9-25-12-17)22-13-5-8-23(10-13)15-14(18)4-3-7-20-15;/h3-4,7,13,24H,2,5-6,8-12H2,1H3,(H2,19,21,22);1H. The van der Waals surface area contributed by atoms with Crippen molar-refractivity contribution in [1.29, 1.82) is 0 Å². The number of aromatic nitrogens is 1. The molecule has 0 spiro atoms. The predicted octanol–water partition coefficient (Wildman–Crippen LogP) is 1.84. The van der Waals surface area contributed by atoms with Gasteiger partial charge in [-0.3, -0.25) is 4.99 Å². The van der Waals surface area contributed by atoms with E-state index in [1.54, 1.807) is 24.0 Å². The van der Waals surface area contributed by atoms with E-state index in [1.165, 1.54) is 6.07 Å². The molecule has 0 amide bonds. The Morgan fingerprint density at radius 2 is 2.42 bits per heavy atom. The second kappa shape index (κ2) is 9.93. The summed E-state index contributed by atoms with van der Waals surface area (Å²) in [6.07, 6.45) is 3.29. The molecule has 1 aromatic rings. The second-order valence-electron chi connectivity index (χ2n) is 6.61. The second-order valence-corrected chi connectivity index (χ2v) is 7.71. The van der Waals surface area contributed by atoms with Crippen LogP contribution >= 0.6 is 35.7 Å². The third-order valence-corrected chi connectivity index (χ3v) is 5.76. The maximum absolute atomic E-state index is 13.9. The van der Waals surface area contributed by atoms with Crippen LogP contribution < -0.4 is 15.5 Å². The van der Waals surface area contributed by atoms with E-state index in [9.17, 15) is 9.50 Å². The number of nitrogens with one attached hydrogen (secondary N) is 2. The molecule has 2 saturated heterocycles. The Kier molecular flexibility index (Phi) is 8.21. The van der Waals surface area contributed by atoms with Crippen molar-refractivity contribution >= 4 is 47.5 Å². The van der Waals surface area contributed by atoms with Gasteiger partial charge in [-0.2, -0.15) is 11.8 Å². The monoisotopic (exact) mass is 495 g/mol. The van der Waals surface area contributed by atoms with Crippen molar-refractivity contribution in [3.8, 4) is 0 Å². The zero-order valence-electron chi connectivity index (χ0n) is 14.9. The van der Waals surface area contributed by atoms with E-state index in [0.29, 0.717) is 24.9 Å². The number of nitrogens with zero attached hydrogens (tertiary/aromatic N) is 3. The van der Waals surface area contributed by atoms with Gasteiger partial charge in [0.1, 0.15) is 0 Å². The summed E-state index contributed by atoms with van der Waals surface area (Å²) in [7, 11) is 0. The Bertz CT molecular complexity index is 615. The van der Waals surface area contributed by atoms with Crippen molar-refractivity contribution in [2.24, 2.45) is 4.99 Å². The summed E-state index contributed by atoms with van der Waals surface area (Å²) in [5, 5.41) is 17.1. The highest BCUT2D eigenvalue weighted by atomic mass is 127. The molecule has 0 aromatic carbocycles. The van der Waals surface area contributed by atoms with Gasteiger partial charge in [0.05, 0.1) is 12.1 Å². The van der Waals surface area contributed by atoms with Gasteiger partial charge in [-0.1, -0.05) is 0 Å². The molecule has 9 heteroatoms. The number of rotatable bonds is 5. The lowest BCUT2D eigenvalue weighted by molar-refractivity contribution is 0.0778. The molecule has 3 rings (SSSR count). The molecule has 0 radical (unpaired) electrons. The van der Waals surface area contributed by atoms with E-state index in [4.69, 9.17) is 0 Å². The largest absolute Gasteiger partial charge is 0.387 e. The molecule has 6 nitrogen and oxygen atoms in total. The summed E-state index contributed by atoms with van der Waals surface area (Å²) < 4.78 is 13.9. The molecule has 3 N–H and O–H groups in total. The third kappa shape index (κ3) is 5.59.